The molecule has 2 aromatic heterocycles. The zero-order valence-electron chi connectivity index (χ0n) is 13.9. The van der Waals surface area contributed by atoms with Crippen LogP contribution in [0.5, 0.6) is 0 Å². The van der Waals surface area contributed by atoms with Crippen LogP contribution in [0.2, 0.25) is 0 Å². The summed E-state index contributed by atoms with van der Waals surface area (Å²) in [6, 6.07) is 17.3. The van der Waals surface area contributed by atoms with Crippen LogP contribution >= 0.6 is 15.9 Å². The molecule has 26 heavy (non-hydrogen) atoms. The van der Waals surface area contributed by atoms with Gasteiger partial charge in [0.1, 0.15) is 5.58 Å². The van der Waals surface area contributed by atoms with Gasteiger partial charge in [-0.1, -0.05) is 28.1 Å². The molecule has 0 bridgehead atoms. The Balaban J connectivity index is 1.56. The fraction of sp³-hybridized carbons (Fsp3) is 0.100. The highest BCUT2D eigenvalue weighted by Gasteiger charge is 2.06. The van der Waals surface area contributed by atoms with E-state index in [1.807, 2.05) is 47.3 Å². The first kappa shape index (κ1) is 16.6. The van der Waals surface area contributed by atoms with Crippen molar-refractivity contribution in [1.82, 2.24) is 9.78 Å². The first-order valence-electron chi connectivity index (χ1n) is 8.20. The summed E-state index contributed by atoms with van der Waals surface area (Å²) in [5.74, 6) is 0. The molecule has 0 saturated heterocycles. The lowest BCUT2D eigenvalue weighted by Crippen LogP contribution is -2.06. The number of rotatable bonds is 5. The standard InChI is InChI=1S/C20H16BrN3O2/c21-16-5-6-18-15(10-20(25)26-19(18)11-16)12-22-17-4-1-3-14(9-17)13-24-8-2-7-23-24/h1-11,22H,12-13H2. The molecule has 0 atom stereocenters. The Labute approximate surface area is 158 Å². The highest BCUT2D eigenvalue weighted by Crippen LogP contribution is 2.22. The number of hydrogen-bond acceptors (Lipinski definition) is 4. The van der Waals surface area contributed by atoms with Gasteiger partial charge in [0.15, 0.2) is 0 Å². The van der Waals surface area contributed by atoms with Gasteiger partial charge in [-0.05, 0) is 47.5 Å². The summed E-state index contributed by atoms with van der Waals surface area (Å²) < 4.78 is 8.05. The van der Waals surface area contributed by atoms with Crippen molar-refractivity contribution in [3.63, 3.8) is 0 Å². The average molecular weight is 410 g/mol. The molecule has 0 radical (unpaired) electrons. The largest absolute Gasteiger partial charge is 0.423 e. The van der Waals surface area contributed by atoms with Crippen molar-refractivity contribution in [2.24, 2.45) is 0 Å². The van der Waals surface area contributed by atoms with Crippen molar-refractivity contribution in [2.45, 2.75) is 13.1 Å². The summed E-state index contributed by atoms with van der Waals surface area (Å²) >= 11 is 3.40. The smallest absolute Gasteiger partial charge is 0.336 e. The van der Waals surface area contributed by atoms with Crippen LogP contribution in [0.25, 0.3) is 11.0 Å². The van der Waals surface area contributed by atoms with Crippen LogP contribution in [0.1, 0.15) is 11.1 Å². The summed E-state index contributed by atoms with van der Waals surface area (Å²) in [4.78, 5) is 11.8. The first-order chi connectivity index (χ1) is 12.7. The van der Waals surface area contributed by atoms with Crippen molar-refractivity contribution in [3.05, 3.63) is 93.0 Å². The molecule has 0 spiro atoms. The molecule has 4 aromatic rings. The summed E-state index contributed by atoms with van der Waals surface area (Å²) in [7, 11) is 0. The van der Waals surface area contributed by atoms with Crippen molar-refractivity contribution in [3.8, 4) is 0 Å². The molecule has 0 amide bonds. The van der Waals surface area contributed by atoms with Crippen molar-refractivity contribution in [1.29, 1.82) is 0 Å². The van der Waals surface area contributed by atoms with Crippen LogP contribution in [0, 0.1) is 0 Å². The van der Waals surface area contributed by atoms with E-state index in [1.165, 1.54) is 6.07 Å². The Morgan fingerprint density at radius 3 is 2.88 bits per heavy atom. The normalized spacial score (nSPS) is 11.0. The van der Waals surface area contributed by atoms with Crippen LogP contribution in [0.4, 0.5) is 5.69 Å². The van der Waals surface area contributed by atoms with Gasteiger partial charge in [0.2, 0.25) is 0 Å². The number of halogens is 1. The first-order valence-corrected chi connectivity index (χ1v) is 8.99. The van der Waals surface area contributed by atoms with E-state index >= 15 is 0 Å². The lowest BCUT2D eigenvalue weighted by molar-refractivity contribution is 0.559. The van der Waals surface area contributed by atoms with E-state index in [9.17, 15) is 4.79 Å². The quantitative estimate of drug-likeness (QED) is 0.495. The van der Waals surface area contributed by atoms with E-state index in [1.54, 1.807) is 6.20 Å². The highest BCUT2D eigenvalue weighted by molar-refractivity contribution is 9.10. The number of nitrogens with one attached hydrogen (secondary N) is 1. The topological polar surface area (TPSA) is 60.1 Å². The van der Waals surface area contributed by atoms with Gasteiger partial charge in [0.25, 0.3) is 0 Å². The number of aromatic nitrogens is 2. The van der Waals surface area contributed by atoms with Gasteiger partial charge in [-0.2, -0.15) is 5.10 Å². The van der Waals surface area contributed by atoms with Gasteiger partial charge in [-0.15, -0.1) is 0 Å². The van der Waals surface area contributed by atoms with Crippen LogP contribution in [0.3, 0.4) is 0 Å². The van der Waals surface area contributed by atoms with E-state index in [0.29, 0.717) is 18.7 Å². The number of hydrogen-bond donors (Lipinski definition) is 1. The predicted octanol–water partition coefficient (Wildman–Crippen LogP) is 4.41. The molecule has 1 N–H and O–H groups in total. The minimum atomic E-state index is -0.347. The molecule has 0 fully saturated rings. The lowest BCUT2D eigenvalue weighted by atomic mass is 10.1. The maximum Gasteiger partial charge on any atom is 0.336 e. The predicted molar refractivity (Wildman–Crippen MR) is 105 cm³/mol. The van der Waals surface area contributed by atoms with Crippen molar-refractivity contribution < 1.29 is 4.42 Å². The maximum atomic E-state index is 11.8. The minimum Gasteiger partial charge on any atom is -0.423 e. The Morgan fingerprint density at radius 1 is 1.12 bits per heavy atom. The summed E-state index contributed by atoms with van der Waals surface area (Å²) in [5, 5.41) is 8.55. The monoisotopic (exact) mass is 409 g/mol. The van der Waals surface area contributed by atoms with E-state index in [2.05, 4.69) is 38.5 Å². The number of nitrogens with zero attached hydrogens (tertiary/aromatic N) is 2. The molecule has 2 aromatic carbocycles. The Kier molecular flexibility index (Phi) is 4.58. The molecule has 130 valence electrons. The highest BCUT2D eigenvalue weighted by atomic mass is 79.9. The molecule has 0 aliphatic rings. The molecule has 0 aliphatic carbocycles. The van der Waals surface area contributed by atoms with Crippen LogP contribution in [-0.4, -0.2) is 9.78 Å². The molecule has 0 aliphatic heterocycles. The molecular weight excluding hydrogens is 394 g/mol. The third-order valence-corrected chi connectivity index (χ3v) is 4.60. The Morgan fingerprint density at radius 2 is 2.04 bits per heavy atom. The minimum absolute atomic E-state index is 0.347. The van der Waals surface area contributed by atoms with Gasteiger partial charge in [-0.25, -0.2) is 4.79 Å². The summed E-state index contributed by atoms with van der Waals surface area (Å²) in [6.07, 6.45) is 3.71. The van der Waals surface area contributed by atoms with E-state index < -0.39 is 0 Å². The van der Waals surface area contributed by atoms with Crippen LogP contribution in [-0.2, 0) is 13.1 Å². The zero-order valence-corrected chi connectivity index (χ0v) is 15.4. The van der Waals surface area contributed by atoms with Gasteiger partial charge in [0, 0.05) is 40.6 Å². The van der Waals surface area contributed by atoms with Gasteiger partial charge < -0.3 is 9.73 Å². The third-order valence-electron chi connectivity index (χ3n) is 4.11. The maximum absolute atomic E-state index is 11.8. The Hall–Kier alpha value is -2.86. The van der Waals surface area contributed by atoms with Crippen molar-refractivity contribution >= 4 is 32.6 Å². The molecule has 5 nitrogen and oxygen atoms in total. The van der Waals surface area contributed by atoms with E-state index in [0.717, 1.165) is 26.7 Å². The third kappa shape index (κ3) is 3.70. The summed E-state index contributed by atoms with van der Waals surface area (Å²) in [5.41, 5.74) is 3.28. The lowest BCUT2D eigenvalue weighted by Gasteiger charge is -2.10. The van der Waals surface area contributed by atoms with Crippen LogP contribution in [0.15, 0.2) is 80.7 Å². The average Bonchev–Trinajstić information content (AvgIpc) is 3.12. The summed E-state index contributed by atoms with van der Waals surface area (Å²) in [6.45, 7) is 1.25. The van der Waals surface area contributed by atoms with Crippen LogP contribution < -0.4 is 10.9 Å². The zero-order chi connectivity index (χ0) is 17.9. The molecular formula is C20H16BrN3O2. The second-order valence-electron chi connectivity index (χ2n) is 5.99. The van der Waals surface area contributed by atoms with Crippen molar-refractivity contribution in [2.75, 3.05) is 5.32 Å². The van der Waals surface area contributed by atoms with Gasteiger partial charge >= 0.3 is 5.63 Å². The second-order valence-corrected chi connectivity index (χ2v) is 6.90. The van der Waals surface area contributed by atoms with Gasteiger partial charge in [0.05, 0.1) is 6.54 Å². The Bertz CT molecular complexity index is 1100. The number of anilines is 1. The molecule has 4 rings (SSSR count). The SMILES string of the molecule is O=c1cc(CNc2cccc(Cn3cccn3)c2)c2ccc(Br)cc2o1. The fourth-order valence-electron chi connectivity index (χ4n) is 2.91. The number of benzene rings is 2. The number of fused-ring (bicyclic) bond motifs is 1. The fourth-order valence-corrected chi connectivity index (χ4v) is 3.25. The molecule has 0 unspecified atom stereocenters. The van der Waals surface area contributed by atoms with E-state index in [-0.39, 0.29) is 5.63 Å². The molecule has 0 saturated carbocycles. The van der Waals surface area contributed by atoms with E-state index in [4.69, 9.17) is 4.42 Å². The second kappa shape index (κ2) is 7.17. The van der Waals surface area contributed by atoms with Gasteiger partial charge in [-0.3, -0.25) is 4.68 Å². The molecule has 2 heterocycles. The molecule has 6 heteroatoms.